The fourth-order valence-corrected chi connectivity index (χ4v) is 1.37. The minimum atomic E-state index is -0.116. The first-order valence-electron chi connectivity index (χ1n) is 4.48. The first-order chi connectivity index (χ1) is 7.11. The van der Waals surface area contributed by atoms with Crippen LogP contribution in [-0.4, -0.2) is 11.0 Å². The van der Waals surface area contributed by atoms with Gasteiger partial charge in [-0.2, -0.15) is 0 Å². The molecule has 0 aliphatic carbocycles. The highest BCUT2D eigenvalue weighted by Crippen LogP contribution is 2.14. The van der Waals surface area contributed by atoms with E-state index >= 15 is 0 Å². The van der Waals surface area contributed by atoms with Crippen LogP contribution in [0.1, 0.15) is 13.3 Å². The third kappa shape index (κ3) is 4.27. The maximum Gasteiger partial charge on any atom is 0.225 e. The van der Waals surface area contributed by atoms with Gasteiger partial charge in [0.1, 0.15) is 0 Å². The van der Waals surface area contributed by atoms with E-state index in [-0.39, 0.29) is 11.0 Å². The van der Waals surface area contributed by atoms with Gasteiger partial charge in [-0.1, -0.05) is 24.6 Å². The van der Waals surface area contributed by atoms with Gasteiger partial charge >= 0.3 is 0 Å². The Balaban J connectivity index is 2.55. The molecule has 0 unspecified atom stereocenters. The Kier molecular flexibility index (Phi) is 4.52. The number of benzene rings is 1. The van der Waals surface area contributed by atoms with Crippen molar-refractivity contribution < 1.29 is 4.79 Å². The summed E-state index contributed by atoms with van der Waals surface area (Å²) < 4.78 is 0. The molecule has 1 aromatic rings. The van der Waals surface area contributed by atoms with E-state index in [0.29, 0.717) is 11.4 Å². The van der Waals surface area contributed by atoms with Crippen LogP contribution in [0.2, 0.25) is 5.02 Å². The largest absolute Gasteiger partial charge is 0.332 e. The Hall–Kier alpha value is -1.13. The Morgan fingerprint density at radius 2 is 2.27 bits per heavy atom. The molecule has 2 N–H and O–H groups in total. The molecular weight excluding hydrogens is 232 g/mol. The van der Waals surface area contributed by atoms with Crippen molar-refractivity contribution in [1.29, 1.82) is 0 Å². The van der Waals surface area contributed by atoms with Crippen LogP contribution >= 0.6 is 23.8 Å². The van der Waals surface area contributed by atoms with Gasteiger partial charge < -0.3 is 10.6 Å². The van der Waals surface area contributed by atoms with Crippen LogP contribution in [0, 0.1) is 0 Å². The van der Waals surface area contributed by atoms with E-state index in [0.717, 1.165) is 5.69 Å². The number of amides is 1. The third-order valence-electron chi connectivity index (χ3n) is 1.66. The predicted octanol–water partition coefficient (Wildman–Crippen LogP) is 2.56. The van der Waals surface area contributed by atoms with Crippen LogP contribution in [0.15, 0.2) is 24.3 Å². The predicted molar refractivity (Wildman–Crippen MR) is 66.1 cm³/mol. The molecule has 5 heteroatoms. The van der Waals surface area contributed by atoms with Gasteiger partial charge in [0.05, 0.1) is 0 Å². The molecule has 0 spiro atoms. The monoisotopic (exact) mass is 242 g/mol. The SMILES string of the molecule is CCC(=O)NC(=S)Nc1cccc(Cl)c1. The van der Waals surface area contributed by atoms with E-state index in [1.165, 1.54) is 0 Å². The maximum atomic E-state index is 11.0. The first kappa shape index (κ1) is 11.9. The molecule has 0 bridgehead atoms. The zero-order valence-electron chi connectivity index (χ0n) is 8.21. The Labute approximate surface area is 98.8 Å². The van der Waals surface area contributed by atoms with Gasteiger partial charge in [-0.3, -0.25) is 4.79 Å². The smallest absolute Gasteiger partial charge is 0.225 e. The topological polar surface area (TPSA) is 41.1 Å². The van der Waals surface area contributed by atoms with E-state index in [1.54, 1.807) is 25.1 Å². The Morgan fingerprint density at radius 1 is 1.53 bits per heavy atom. The molecule has 0 atom stereocenters. The van der Waals surface area contributed by atoms with Crippen molar-refractivity contribution in [2.24, 2.45) is 0 Å². The summed E-state index contributed by atoms with van der Waals surface area (Å²) in [7, 11) is 0. The van der Waals surface area contributed by atoms with E-state index in [1.807, 2.05) is 6.07 Å². The summed E-state index contributed by atoms with van der Waals surface area (Å²) in [5.41, 5.74) is 0.754. The summed E-state index contributed by atoms with van der Waals surface area (Å²) in [6, 6.07) is 7.11. The lowest BCUT2D eigenvalue weighted by atomic mass is 10.3. The number of hydrogen-bond donors (Lipinski definition) is 2. The van der Waals surface area contributed by atoms with Crippen molar-refractivity contribution in [1.82, 2.24) is 5.32 Å². The fraction of sp³-hybridized carbons (Fsp3) is 0.200. The minimum Gasteiger partial charge on any atom is -0.332 e. The standard InChI is InChI=1S/C10H11ClN2OS/c1-2-9(14)13-10(15)12-8-5-3-4-7(11)6-8/h3-6H,2H2,1H3,(H2,12,13,14,15). The van der Waals surface area contributed by atoms with E-state index in [4.69, 9.17) is 23.8 Å². The number of thiocarbonyl (C=S) groups is 1. The Bertz CT molecular complexity index is 381. The fourth-order valence-electron chi connectivity index (χ4n) is 0.944. The second-order valence-electron chi connectivity index (χ2n) is 2.87. The second-order valence-corrected chi connectivity index (χ2v) is 3.71. The number of hydrogen-bond acceptors (Lipinski definition) is 2. The van der Waals surface area contributed by atoms with Gasteiger partial charge in [-0.05, 0) is 30.4 Å². The van der Waals surface area contributed by atoms with Crippen molar-refractivity contribution in [3.05, 3.63) is 29.3 Å². The summed E-state index contributed by atoms with van der Waals surface area (Å²) in [6.45, 7) is 1.76. The van der Waals surface area contributed by atoms with Gasteiger partial charge in [0, 0.05) is 17.1 Å². The van der Waals surface area contributed by atoms with Gasteiger partial charge in [0.15, 0.2) is 5.11 Å². The lowest BCUT2D eigenvalue weighted by molar-refractivity contribution is -0.119. The molecule has 1 amide bonds. The molecular formula is C10H11ClN2OS. The highest BCUT2D eigenvalue weighted by Gasteiger charge is 2.01. The van der Waals surface area contributed by atoms with Crippen LogP contribution in [0.4, 0.5) is 5.69 Å². The van der Waals surface area contributed by atoms with Crippen molar-refractivity contribution in [3.63, 3.8) is 0 Å². The summed E-state index contributed by atoms with van der Waals surface area (Å²) in [5.74, 6) is -0.116. The van der Waals surface area contributed by atoms with E-state index < -0.39 is 0 Å². The lowest BCUT2D eigenvalue weighted by Crippen LogP contribution is -2.33. The van der Waals surface area contributed by atoms with Gasteiger partial charge in [0.2, 0.25) is 5.91 Å². The van der Waals surface area contributed by atoms with Crippen LogP contribution in [0.3, 0.4) is 0 Å². The molecule has 0 radical (unpaired) electrons. The summed E-state index contributed by atoms with van der Waals surface area (Å²) >= 11 is 10.7. The van der Waals surface area contributed by atoms with Gasteiger partial charge in [-0.15, -0.1) is 0 Å². The molecule has 1 aromatic carbocycles. The normalized spacial score (nSPS) is 9.47. The van der Waals surface area contributed by atoms with Crippen molar-refractivity contribution in [2.45, 2.75) is 13.3 Å². The molecule has 0 saturated heterocycles. The molecule has 0 heterocycles. The molecule has 0 saturated carbocycles. The molecule has 0 aromatic heterocycles. The van der Waals surface area contributed by atoms with Crippen LogP contribution in [0.5, 0.6) is 0 Å². The zero-order chi connectivity index (χ0) is 11.3. The Morgan fingerprint density at radius 3 is 2.87 bits per heavy atom. The molecule has 15 heavy (non-hydrogen) atoms. The molecule has 80 valence electrons. The number of nitrogens with one attached hydrogen (secondary N) is 2. The summed E-state index contributed by atoms with van der Waals surface area (Å²) in [6.07, 6.45) is 0.400. The van der Waals surface area contributed by atoms with Crippen LogP contribution in [-0.2, 0) is 4.79 Å². The van der Waals surface area contributed by atoms with Crippen molar-refractivity contribution >= 4 is 40.5 Å². The van der Waals surface area contributed by atoms with Crippen LogP contribution < -0.4 is 10.6 Å². The third-order valence-corrected chi connectivity index (χ3v) is 2.10. The lowest BCUT2D eigenvalue weighted by Gasteiger charge is -2.08. The zero-order valence-corrected chi connectivity index (χ0v) is 9.78. The molecule has 0 aliphatic heterocycles. The highest BCUT2D eigenvalue weighted by molar-refractivity contribution is 7.80. The van der Waals surface area contributed by atoms with Crippen molar-refractivity contribution in [2.75, 3.05) is 5.32 Å². The van der Waals surface area contributed by atoms with Crippen molar-refractivity contribution in [3.8, 4) is 0 Å². The maximum absolute atomic E-state index is 11.0. The quantitative estimate of drug-likeness (QED) is 0.784. The highest BCUT2D eigenvalue weighted by atomic mass is 35.5. The van der Waals surface area contributed by atoms with E-state index in [9.17, 15) is 4.79 Å². The average Bonchev–Trinajstić information content (AvgIpc) is 2.17. The minimum absolute atomic E-state index is 0.116. The summed E-state index contributed by atoms with van der Waals surface area (Å²) in [5, 5.41) is 6.30. The van der Waals surface area contributed by atoms with E-state index in [2.05, 4.69) is 10.6 Å². The molecule has 1 rings (SSSR count). The average molecular weight is 243 g/mol. The second kappa shape index (κ2) is 5.68. The molecule has 0 fully saturated rings. The van der Waals surface area contributed by atoms with Gasteiger partial charge in [0.25, 0.3) is 0 Å². The number of halogens is 1. The first-order valence-corrected chi connectivity index (χ1v) is 5.27. The molecule has 0 aliphatic rings. The molecule has 3 nitrogen and oxygen atoms in total. The number of carbonyl (C=O) groups excluding carboxylic acids is 1. The summed E-state index contributed by atoms with van der Waals surface area (Å²) in [4.78, 5) is 11.0. The number of anilines is 1. The van der Waals surface area contributed by atoms with Crippen LogP contribution in [0.25, 0.3) is 0 Å². The number of rotatable bonds is 2. The number of carbonyl (C=O) groups is 1. The van der Waals surface area contributed by atoms with Gasteiger partial charge in [-0.25, -0.2) is 0 Å².